The van der Waals surface area contributed by atoms with Crippen molar-refractivity contribution in [1.29, 1.82) is 0 Å². The highest BCUT2D eigenvalue weighted by Gasteiger charge is 2.16. The Morgan fingerprint density at radius 1 is 1.44 bits per heavy atom. The van der Waals surface area contributed by atoms with E-state index in [1.165, 1.54) is 6.07 Å². The molecule has 1 rings (SSSR count). The highest BCUT2D eigenvalue weighted by atomic mass is 35.5. The highest BCUT2D eigenvalue weighted by molar-refractivity contribution is 6.31. The lowest BCUT2D eigenvalue weighted by molar-refractivity contribution is 0.0524. The van der Waals surface area contributed by atoms with E-state index < -0.39 is 11.7 Å². The Morgan fingerprint density at radius 2 is 2.11 bits per heavy atom. The van der Waals surface area contributed by atoms with Gasteiger partial charge in [0, 0.05) is 17.1 Å². The Morgan fingerprint density at radius 3 is 2.67 bits per heavy atom. The molecule has 6 heteroatoms. The fourth-order valence-electron chi connectivity index (χ4n) is 1.28. The minimum atomic E-state index is -0.573. The Kier molecular flexibility index (Phi) is 4.67. The van der Waals surface area contributed by atoms with Gasteiger partial charge in [0.1, 0.15) is 11.3 Å². The molecule has 0 atom stereocenters. The first-order valence-corrected chi connectivity index (χ1v) is 5.79. The number of hydrogen-bond donors (Lipinski definition) is 1. The van der Waals surface area contributed by atoms with Crippen molar-refractivity contribution in [3.8, 4) is 0 Å². The molecule has 1 aromatic rings. The van der Waals surface area contributed by atoms with Gasteiger partial charge in [-0.25, -0.2) is 4.79 Å². The van der Waals surface area contributed by atoms with Gasteiger partial charge in [0.15, 0.2) is 0 Å². The molecule has 0 bridgehead atoms. The van der Waals surface area contributed by atoms with E-state index >= 15 is 0 Å². The van der Waals surface area contributed by atoms with Crippen molar-refractivity contribution in [2.45, 2.75) is 32.9 Å². The molecule has 18 heavy (non-hydrogen) atoms. The van der Waals surface area contributed by atoms with E-state index in [9.17, 15) is 9.70 Å². The second-order valence-electron chi connectivity index (χ2n) is 4.68. The third-order valence-corrected chi connectivity index (χ3v) is 2.35. The molecule has 0 aliphatic carbocycles. The third-order valence-electron chi connectivity index (χ3n) is 2.00. The molecule has 1 N–H and O–H groups in total. The third kappa shape index (κ3) is 4.33. The van der Waals surface area contributed by atoms with Crippen molar-refractivity contribution in [1.82, 2.24) is 5.32 Å². The number of alkyl carbamates (subject to hydrolysis) is 1. The monoisotopic (exact) mass is 270 g/mol. The average Bonchev–Trinajstić information content (AvgIpc) is 2.24. The van der Waals surface area contributed by atoms with E-state index in [1.807, 2.05) is 0 Å². The van der Waals surface area contributed by atoms with Crippen LogP contribution in [0.5, 0.6) is 0 Å². The quantitative estimate of drug-likeness (QED) is 0.850. The van der Waals surface area contributed by atoms with Gasteiger partial charge in [-0.05, 0) is 38.1 Å². The lowest BCUT2D eigenvalue weighted by Crippen LogP contribution is -2.32. The summed E-state index contributed by atoms with van der Waals surface area (Å²) in [5.74, 6) is 0. The van der Waals surface area contributed by atoms with E-state index in [-0.39, 0.29) is 12.2 Å². The molecule has 1 amide bonds. The summed E-state index contributed by atoms with van der Waals surface area (Å²) < 4.78 is 5.07. The average molecular weight is 271 g/mol. The van der Waals surface area contributed by atoms with Gasteiger partial charge in [-0.1, -0.05) is 17.7 Å². The maximum absolute atomic E-state index is 11.5. The first-order valence-electron chi connectivity index (χ1n) is 5.41. The molecule has 0 spiro atoms. The molecule has 0 radical (unpaired) electrons. The van der Waals surface area contributed by atoms with E-state index in [2.05, 4.69) is 10.5 Å². The number of carbonyl (C=O) groups is 1. The number of carbonyl (C=O) groups excluding carboxylic acids is 1. The molecule has 0 aliphatic heterocycles. The van der Waals surface area contributed by atoms with Crippen LogP contribution in [0.25, 0.3) is 0 Å². The van der Waals surface area contributed by atoms with Crippen LogP contribution in [0.3, 0.4) is 0 Å². The summed E-state index contributed by atoms with van der Waals surface area (Å²) in [4.78, 5) is 22.1. The molecule has 5 nitrogen and oxygen atoms in total. The second-order valence-corrected chi connectivity index (χ2v) is 5.09. The van der Waals surface area contributed by atoms with Gasteiger partial charge in [0.25, 0.3) is 0 Å². The van der Waals surface area contributed by atoms with Gasteiger partial charge in [-0.2, -0.15) is 0 Å². The molecular weight excluding hydrogens is 256 g/mol. The maximum atomic E-state index is 11.5. The lowest BCUT2D eigenvalue weighted by atomic mass is 10.2. The van der Waals surface area contributed by atoms with E-state index in [0.717, 1.165) is 0 Å². The zero-order valence-corrected chi connectivity index (χ0v) is 11.2. The molecule has 98 valence electrons. The Labute approximate surface area is 110 Å². The summed E-state index contributed by atoms with van der Waals surface area (Å²) in [7, 11) is 0. The lowest BCUT2D eigenvalue weighted by Gasteiger charge is -2.19. The second kappa shape index (κ2) is 5.82. The molecule has 0 aliphatic rings. The Bertz CT molecular complexity index is 455. The van der Waals surface area contributed by atoms with Gasteiger partial charge >= 0.3 is 6.09 Å². The van der Waals surface area contributed by atoms with Crippen molar-refractivity contribution in [3.05, 3.63) is 33.7 Å². The van der Waals surface area contributed by atoms with Crippen molar-refractivity contribution < 1.29 is 9.53 Å². The number of halogens is 1. The van der Waals surface area contributed by atoms with E-state index in [1.54, 1.807) is 32.9 Å². The summed E-state index contributed by atoms with van der Waals surface area (Å²) in [5.41, 5.74) is 0.106. The van der Waals surface area contributed by atoms with Crippen LogP contribution in [0.15, 0.2) is 23.4 Å². The smallest absolute Gasteiger partial charge is 0.407 e. The van der Waals surface area contributed by atoms with Crippen molar-refractivity contribution in [3.63, 3.8) is 0 Å². The predicted octanol–water partition coefficient (Wildman–Crippen LogP) is 3.76. The van der Waals surface area contributed by atoms with Crippen LogP contribution in [0.2, 0.25) is 5.02 Å². The zero-order chi connectivity index (χ0) is 13.8. The number of amides is 1. The normalized spacial score (nSPS) is 10.9. The molecule has 0 heterocycles. The minimum Gasteiger partial charge on any atom is -0.444 e. The number of rotatable bonds is 3. The number of ether oxygens (including phenoxy) is 1. The number of nitroso groups, excluding NO2 is 1. The summed E-state index contributed by atoms with van der Waals surface area (Å²) in [6.45, 7) is 5.39. The topological polar surface area (TPSA) is 67.8 Å². The van der Waals surface area contributed by atoms with Gasteiger partial charge in [-0.15, -0.1) is 4.91 Å². The summed E-state index contributed by atoms with van der Waals surface area (Å²) in [6.07, 6.45) is -0.570. The van der Waals surface area contributed by atoms with E-state index in [4.69, 9.17) is 16.3 Å². The predicted molar refractivity (Wildman–Crippen MR) is 70.0 cm³/mol. The van der Waals surface area contributed by atoms with Crippen molar-refractivity contribution >= 4 is 23.4 Å². The molecule has 0 unspecified atom stereocenters. The molecule has 1 aromatic carbocycles. The van der Waals surface area contributed by atoms with Crippen LogP contribution >= 0.6 is 11.6 Å². The van der Waals surface area contributed by atoms with Crippen LogP contribution in [0.1, 0.15) is 26.3 Å². The molecule has 0 saturated heterocycles. The van der Waals surface area contributed by atoms with Gasteiger partial charge < -0.3 is 10.1 Å². The van der Waals surface area contributed by atoms with Crippen LogP contribution in [-0.4, -0.2) is 11.7 Å². The maximum Gasteiger partial charge on any atom is 0.407 e. The van der Waals surface area contributed by atoms with Crippen LogP contribution in [0.4, 0.5) is 10.5 Å². The summed E-state index contributed by atoms with van der Waals surface area (Å²) in [5, 5.41) is 5.76. The molecule has 0 saturated carbocycles. The van der Waals surface area contributed by atoms with Gasteiger partial charge in [0.2, 0.25) is 0 Å². The summed E-state index contributed by atoms with van der Waals surface area (Å²) in [6, 6.07) is 4.78. The fraction of sp³-hybridized carbons (Fsp3) is 0.417. The minimum absolute atomic E-state index is 0.0929. The zero-order valence-electron chi connectivity index (χ0n) is 10.5. The molecule has 0 fully saturated rings. The van der Waals surface area contributed by atoms with E-state index in [0.29, 0.717) is 10.6 Å². The standard InChI is InChI=1S/C12H15ClN2O3/c1-12(2,3)18-11(16)14-7-8-9(13)5-4-6-10(8)15-17/h4-6H,7H2,1-3H3,(H,14,16). The van der Waals surface area contributed by atoms with Crippen molar-refractivity contribution in [2.24, 2.45) is 5.18 Å². The number of nitrogens with one attached hydrogen (secondary N) is 1. The Balaban J connectivity index is 2.69. The largest absolute Gasteiger partial charge is 0.444 e. The van der Waals surface area contributed by atoms with Crippen LogP contribution in [-0.2, 0) is 11.3 Å². The first kappa shape index (κ1) is 14.4. The number of benzene rings is 1. The number of hydrogen-bond acceptors (Lipinski definition) is 4. The summed E-state index contributed by atoms with van der Waals surface area (Å²) >= 11 is 5.93. The van der Waals surface area contributed by atoms with Crippen LogP contribution < -0.4 is 5.32 Å². The van der Waals surface area contributed by atoms with Gasteiger partial charge in [0.05, 0.1) is 0 Å². The van der Waals surface area contributed by atoms with Crippen LogP contribution in [0, 0.1) is 4.91 Å². The number of nitrogens with zero attached hydrogens (tertiary/aromatic N) is 1. The molecular formula is C12H15ClN2O3. The van der Waals surface area contributed by atoms with Gasteiger partial charge in [-0.3, -0.25) is 0 Å². The highest BCUT2D eigenvalue weighted by Crippen LogP contribution is 2.26. The first-order chi connectivity index (χ1) is 8.33. The molecule has 0 aromatic heterocycles. The Hall–Kier alpha value is -1.62. The fourth-order valence-corrected chi connectivity index (χ4v) is 1.52. The van der Waals surface area contributed by atoms with Crippen molar-refractivity contribution in [2.75, 3.05) is 0 Å². The SMILES string of the molecule is CC(C)(C)OC(=O)NCc1c(Cl)cccc1N=O.